The minimum absolute atomic E-state index is 0.00624. The molecule has 1 aliphatic rings. The number of hydrogen-bond donors (Lipinski definition) is 1. The summed E-state index contributed by atoms with van der Waals surface area (Å²) in [6.45, 7) is 6.59. The second-order valence-electron chi connectivity index (χ2n) is 9.61. The van der Waals surface area contributed by atoms with Crippen LogP contribution in [0.2, 0.25) is 0 Å². The molecule has 37 heavy (non-hydrogen) atoms. The van der Waals surface area contributed by atoms with E-state index in [2.05, 4.69) is 56.9 Å². The molecule has 5 aromatic rings. The zero-order valence-electron chi connectivity index (χ0n) is 21.0. The van der Waals surface area contributed by atoms with Crippen molar-refractivity contribution in [1.29, 1.82) is 0 Å². The molecule has 2 amide bonds. The van der Waals surface area contributed by atoms with Crippen LogP contribution in [0.5, 0.6) is 0 Å². The Morgan fingerprint density at radius 2 is 1.78 bits per heavy atom. The number of anilines is 1. The minimum Gasteiger partial charge on any atom is -0.338 e. The lowest BCUT2D eigenvalue weighted by molar-refractivity contribution is 0.170. The van der Waals surface area contributed by atoms with Gasteiger partial charge in [-0.2, -0.15) is 0 Å². The molecule has 6 rings (SSSR count). The van der Waals surface area contributed by atoms with Gasteiger partial charge in [-0.15, -0.1) is 10.2 Å². The molecule has 1 atom stereocenters. The van der Waals surface area contributed by atoms with Gasteiger partial charge in [0.1, 0.15) is 0 Å². The summed E-state index contributed by atoms with van der Waals surface area (Å²) in [5, 5.41) is 13.2. The molecule has 1 aliphatic heterocycles. The molecule has 1 N–H and O–H groups in total. The van der Waals surface area contributed by atoms with Crippen molar-refractivity contribution in [3.05, 3.63) is 90.0 Å². The summed E-state index contributed by atoms with van der Waals surface area (Å²) in [6.07, 6.45) is 0. The Bertz CT molecular complexity index is 1580. The van der Waals surface area contributed by atoms with Crippen LogP contribution in [-0.4, -0.2) is 56.2 Å². The van der Waals surface area contributed by atoms with Crippen LogP contribution in [0, 0.1) is 6.92 Å². The molecular formula is C29H29N7O. The van der Waals surface area contributed by atoms with E-state index in [1.165, 1.54) is 0 Å². The van der Waals surface area contributed by atoms with Crippen molar-refractivity contribution >= 4 is 28.5 Å². The SMILES string of the molecule is Cc1cccc(-c2nnc3c4ccccc4nc(N4CCN(C(=O)NCc5ccccc5)[C@@H](C)C4)n23)c1. The van der Waals surface area contributed by atoms with Gasteiger partial charge in [-0.1, -0.05) is 66.2 Å². The van der Waals surface area contributed by atoms with Gasteiger partial charge < -0.3 is 15.1 Å². The first kappa shape index (κ1) is 23.0. The van der Waals surface area contributed by atoms with E-state index in [1.807, 2.05) is 65.6 Å². The molecule has 8 heteroatoms. The number of amides is 2. The first-order valence-corrected chi connectivity index (χ1v) is 12.6. The van der Waals surface area contributed by atoms with E-state index >= 15 is 0 Å². The highest BCUT2D eigenvalue weighted by Crippen LogP contribution is 2.29. The van der Waals surface area contributed by atoms with Crippen LogP contribution in [-0.2, 0) is 6.54 Å². The predicted octanol–water partition coefficient (Wildman–Crippen LogP) is 4.67. The van der Waals surface area contributed by atoms with E-state index < -0.39 is 0 Å². The van der Waals surface area contributed by atoms with Crippen LogP contribution in [0.1, 0.15) is 18.1 Å². The van der Waals surface area contributed by atoms with E-state index in [0.29, 0.717) is 26.2 Å². The quantitative estimate of drug-likeness (QED) is 0.395. The lowest BCUT2D eigenvalue weighted by atomic mass is 10.1. The lowest BCUT2D eigenvalue weighted by Gasteiger charge is -2.40. The average Bonchev–Trinajstić information content (AvgIpc) is 3.37. The maximum absolute atomic E-state index is 13.0. The Labute approximate surface area is 215 Å². The molecule has 1 fully saturated rings. The third-order valence-corrected chi connectivity index (χ3v) is 6.96. The van der Waals surface area contributed by atoms with Crippen LogP contribution < -0.4 is 10.2 Å². The van der Waals surface area contributed by atoms with Crippen molar-refractivity contribution in [2.24, 2.45) is 0 Å². The molecule has 2 aromatic heterocycles. The highest BCUT2D eigenvalue weighted by Gasteiger charge is 2.30. The predicted molar refractivity (Wildman–Crippen MR) is 146 cm³/mol. The third-order valence-electron chi connectivity index (χ3n) is 6.96. The molecule has 0 saturated carbocycles. The van der Waals surface area contributed by atoms with E-state index in [1.54, 1.807) is 0 Å². The molecule has 0 spiro atoms. The molecule has 0 unspecified atom stereocenters. The largest absolute Gasteiger partial charge is 0.338 e. The van der Waals surface area contributed by atoms with Crippen molar-refractivity contribution in [3.8, 4) is 11.4 Å². The summed E-state index contributed by atoms with van der Waals surface area (Å²) in [7, 11) is 0. The maximum atomic E-state index is 13.0. The van der Waals surface area contributed by atoms with Gasteiger partial charge in [-0.05, 0) is 37.6 Å². The van der Waals surface area contributed by atoms with Crippen molar-refractivity contribution in [1.82, 2.24) is 29.8 Å². The van der Waals surface area contributed by atoms with Crippen LogP contribution >= 0.6 is 0 Å². The highest BCUT2D eigenvalue weighted by molar-refractivity contribution is 5.93. The van der Waals surface area contributed by atoms with Crippen LogP contribution in [0.15, 0.2) is 78.9 Å². The zero-order valence-corrected chi connectivity index (χ0v) is 21.0. The Morgan fingerprint density at radius 1 is 0.973 bits per heavy atom. The summed E-state index contributed by atoms with van der Waals surface area (Å²) in [5.41, 5.74) is 4.91. The number of rotatable bonds is 4. The van der Waals surface area contributed by atoms with Gasteiger partial charge in [0.05, 0.1) is 5.52 Å². The number of urea groups is 1. The number of carbonyl (C=O) groups is 1. The molecule has 8 nitrogen and oxygen atoms in total. The fraction of sp³-hybridized carbons (Fsp3) is 0.241. The maximum Gasteiger partial charge on any atom is 0.318 e. The van der Waals surface area contributed by atoms with Crippen LogP contribution in [0.4, 0.5) is 10.7 Å². The fourth-order valence-corrected chi connectivity index (χ4v) is 5.07. The first-order chi connectivity index (χ1) is 18.1. The number of benzene rings is 3. The van der Waals surface area contributed by atoms with Gasteiger partial charge in [-0.25, -0.2) is 14.2 Å². The highest BCUT2D eigenvalue weighted by atomic mass is 16.2. The van der Waals surface area contributed by atoms with Crippen molar-refractivity contribution in [2.45, 2.75) is 26.4 Å². The Balaban J connectivity index is 1.32. The Kier molecular flexibility index (Phi) is 5.92. The number of fused-ring (bicyclic) bond motifs is 3. The zero-order chi connectivity index (χ0) is 25.4. The second kappa shape index (κ2) is 9.54. The number of nitrogens with one attached hydrogen (secondary N) is 1. The smallest absolute Gasteiger partial charge is 0.318 e. The normalized spacial score (nSPS) is 15.9. The molecule has 0 bridgehead atoms. The Hall–Kier alpha value is -4.46. The minimum atomic E-state index is -0.0441. The van der Waals surface area contributed by atoms with Crippen molar-refractivity contribution < 1.29 is 4.79 Å². The standard InChI is InChI=1S/C29H29N7O/c1-20-9-8-12-23(17-20)26-32-33-27-24-13-6-7-14-25(24)31-28(36(26)27)34-15-16-35(21(2)19-34)29(37)30-18-22-10-4-3-5-11-22/h3-14,17,21H,15-16,18-19H2,1-2H3,(H,30,37)/t21-/m0/s1. The second-order valence-corrected chi connectivity index (χ2v) is 9.61. The number of hydrogen-bond acceptors (Lipinski definition) is 5. The molecule has 186 valence electrons. The van der Waals surface area contributed by atoms with E-state index in [9.17, 15) is 4.79 Å². The Morgan fingerprint density at radius 3 is 2.59 bits per heavy atom. The third kappa shape index (κ3) is 4.35. The summed E-state index contributed by atoms with van der Waals surface area (Å²) in [4.78, 5) is 22.2. The number of para-hydroxylation sites is 1. The van der Waals surface area contributed by atoms with E-state index in [4.69, 9.17) is 4.98 Å². The lowest BCUT2D eigenvalue weighted by Crippen LogP contribution is -2.57. The summed E-state index contributed by atoms with van der Waals surface area (Å²) >= 11 is 0. The van der Waals surface area contributed by atoms with Crippen LogP contribution in [0.25, 0.3) is 27.9 Å². The number of aryl methyl sites for hydroxylation is 1. The topological polar surface area (TPSA) is 78.7 Å². The van der Waals surface area contributed by atoms with Gasteiger partial charge >= 0.3 is 6.03 Å². The molecule has 3 heterocycles. The summed E-state index contributed by atoms with van der Waals surface area (Å²) in [5.74, 6) is 1.56. The fourth-order valence-electron chi connectivity index (χ4n) is 5.07. The summed E-state index contributed by atoms with van der Waals surface area (Å²) < 4.78 is 2.06. The molecule has 3 aromatic carbocycles. The van der Waals surface area contributed by atoms with Crippen molar-refractivity contribution in [3.63, 3.8) is 0 Å². The van der Waals surface area contributed by atoms with Gasteiger partial charge in [-0.3, -0.25) is 0 Å². The first-order valence-electron chi connectivity index (χ1n) is 12.6. The van der Waals surface area contributed by atoms with Gasteiger partial charge in [0, 0.05) is 43.2 Å². The van der Waals surface area contributed by atoms with Crippen LogP contribution in [0.3, 0.4) is 0 Å². The van der Waals surface area contributed by atoms with Gasteiger partial charge in [0.2, 0.25) is 5.95 Å². The molecular weight excluding hydrogens is 462 g/mol. The van der Waals surface area contributed by atoms with Crippen molar-refractivity contribution in [2.75, 3.05) is 24.5 Å². The average molecular weight is 492 g/mol. The molecule has 1 saturated heterocycles. The number of aromatic nitrogens is 4. The molecule has 0 aliphatic carbocycles. The van der Waals surface area contributed by atoms with E-state index in [-0.39, 0.29) is 12.1 Å². The number of nitrogens with zero attached hydrogens (tertiary/aromatic N) is 6. The summed E-state index contributed by atoms with van der Waals surface area (Å²) in [6, 6.07) is 26.3. The number of carbonyl (C=O) groups excluding carboxylic acids is 1. The van der Waals surface area contributed by atoms with Gasteiger partial charge in [0.15, 0.2) is 11.5 Å². The van der Waals surface area contributed by atoms with E-state index in [0.717, 1.165) is 45.0 Å². The van der Waals surface area contributed by atoms with Gasteiger partial charge in [0.25, 0.3) is 0 Å². The molecule has 0 radical (unpaired) electrons. The number of piperazine rings is 1. The monoisotopic (exact) mass is 491 g/mol.